The number of thiophene rings is 2. The van der Waals surface area contributed by atoms with E-state index in [-0.39, 0.29) is 0 Å². The van der Waals surface area contributed by atoms with Crippen LogP contribution in [0.25, 0.3) is 73.7 Å². The molecule has 9 rings (SSSR count). The molecule has 2 heteroatoms. The van der Waals surface area contributed by atoms with E-state index in [9.17, 15) is 0 Å². The van der Waals surface area contributed by atoms with Crippen molar-refractivity contribution in [2.45, 2.75) is 20.3 Å². The molecule has 0 nitrogen and oxygen atoms in total. The van der Waals surface area contributed by atoms with E-state index < -0.39 is 0 Å². The van der Waals surface area contributed by atoms with E-state index in [0.29, 0.717) is 0 Å². The Morgan fingerprint density at radius 2 is 0.829 bits per heavy atom. The largest absolute Gasteiger partial charge is 0.134 e. The van der Waals surface area contributed by atoms with Crippen LogP contribution in [0.15, 0.2) is 109 Å². The topological polar surface area (TPSA) is 0 Å². The molecule has 0 spiro atoms. The van der Waals surface area contributed by atoms with Crippen LogP contribution in [0, 0.1) is 13.8 Å². The average Bonchev–Trinajstić information content (AvgIpc) is 3.69. The van der Waals surface area contributed by atoms with Crippen LogP contribution in [-0.2, 0) is 6.42 Å². The Kier molecular flexibility index (Phi) is 4.94. The van der Waals surface area contributed by atoms with Crippen molar-refractivity contribution in [1.29, 1.82) is 0 Å². The monoisotopic (exact) mass is 558 g/mol. The van der Waals surface area contributed by atoms with E-state index in [1.807, 2.05) is 22.7 Å². The van der Waals surface area contributed by atoms with E-state index in [0.717, 1.165) is 6.42 Å². The highest BCUT2D eigenvalue weighted by Crippen LogP contribution is 2.46. The van der Waals surface area contributed by atoms with Gasteiger partial charge in [-0.25, -0.2) is 0 Å². The van der Waals surface area contributed by atoms with Crippen LogP contribution in [0.1, 0.15) is 22.3 Å². The first-order valence-electron chi connectivity index (χ1n) is 14.2. The lowest BCUT2D eigenvalue weighted by Crippen LogP contribution is -1.84. The number of fused-ring (bicyclic) bond motifs is 9. The maximum absolute atomic E-state index is 2.44. The molecule has 0 unspecified atom stereocenters. The summed E-state index contributed by atoms with van der Waals surface area (Å²) in [5.74, 6) is 0. The zero-order valence-electron chi connectivity index (χ0n) is 22.9. The summed E-state index contributed by atoms with van der Waals surface area (Å²) < 4.78 is 5.57. The van der Waals surface area contributed by atoms with Gasteiger partial charge in [-0.3, -0.25) is 0 Å². The van der Waals surface area contributed by atoms with Gasteiger partial charge >= 0.3 is 0 Å². The molecule has 8 aromatic rings. The maximum atomic E-state index is 2.44. The normalized spacial score (nSPS) is 12.5. The average molecular weight is 559 g/mol. The first kappa shape index (κ1) is 23.5. The smallest absolute Gasteiger partial charge is 0.0433 e. The highest BCUT2D eigenvalue weighted by atomic mass is 32.1. The van der Waals surface area contributed by atoms with Gasteiger partial charge < -0.3 is 0 Å². The van der Waals surface area contributed by atoms with Gasteiger partial charge in [0.15, 0.2) is 0 Å². The number of benzene rings is 6. The quantitative estimate of drug-likeness (QED) is 0.198. The minimum absolute atomic E-state index is 1.00. The molecular formula is C39H26S2. The molecule has 41 heavy (non-hydrogen) atoms. The van der Waals surface area contributed by atoms with Gasteiger partial charge in [-0.1, -0.05) is 97.1 Å². The molecule has 1 aliphatic rings. The Labute approximate surface area is 247 Å². The molecule has 2 aromatic heterocycles. The molecule has 0 saturated heterocycles. The van der Waals surface area contributed by atoms with Crippen molar-refractivity contribution in [3.05, 3.63) is 131 Å². The van der Waals surface area contributed by atoms with Crippen LogP contribution in [0.3, 0.4) is 0 Å². The standard InChI is InChI=1S/C39H26S2/c1-22-7-3-11-30-32-13-5-9-28(38(32)40-36(22)30)26-17-15-24-19-25-16-18-27(21-35(25)34(24)20-26)29-10-6-14-33-31-12-4-8-23(2)37(31)41-39(29)33/h3-18,20-21H,19H2,1-2H3. The van der Waals surface area contributed by atoms with Gasteiger partial charge in [0.05, 0.1) is 0 Å². The molecule has 2 heterocycles. The van der Waals surface area contributed by atoms with E-state index in [1.165, 1.54) is 96.0 Å². The van der Waals surface area contributed by atoms with Gasteiger partial charge in [-0.15, -0.1) is 22.7 Å². The van der Waals surface area contributed by atoms with Crippen molar-refractivity contribution in [3.8, 4) is 33.4 Å². The second kappa shape index (κ2) is 8.63. The van der Waals surface area contributed by atoms with Gasteiger partial charge in [0.1, 0.15) is 0 Å². The first-order chi connectivity index (χ1) is 20.1. The van der Waals surface area contributed by atoms with Crippen LogP contribution >= 0.6 is 22.7 Å². The van der Waals surface area contributed by atoms with Gasteiger partial charge in [-0.2, -0.15) is 0 Å². The van der Waals surface area contributed by atoms with Gasteiger partial charge in [0.2, 0.25) is 0 Å². The molecule has 0 N–H and O–H groups in total. The second-order valence-electron chi connectivity index (χ2n) is 11.4. The van der Waals surface area contributed by atoms with E-state index >= 15 is 0 Å². The summed E-state index contributed by atoms with van der Waals surface area (Å²) >= 11 is 3.87. The Balaban J connectivity index is 1.21. The number of hydrogen-bond donors (Lipinski definition) is 0. The number of rotatable bonds is 2. The summed E-state index contributed by atoms with van der Waals surface area (Å²) in [6.07, 6.45) is 1.00. The van der Waals surface area contributed by atoms with Gasteiger partial charge in [-0.05, 0) is 88.0 Å². The lowest BCUT2D eigenvalue weighted by atomic mass is 9.95. The summed E-state index contributed by atoms with van der Waals surface area (Å²) in [6.45, 7) is 4.45. The molecular weight excluding hydrogens is 533 g/mol. The maximum Gasteiger partial charge on any atom is 0.0433 e. The fraction of sp³-hybridized carbons (Fsp3) is 0.0769. The van der Waals surface area contributed by atoms with Crippen LogP contribution in [0.4, 0.5) is 0 Å². The molecule has 0 aliphatic heterocycles. The van der Waals surface area contributed by atoms with Gasteiger partial charge in [0.25, 0.3) is 0 Å². The van der Waals surface area contributed by atoms with Crippen molar-refractivity contribution < 1.29 is 0 Å². The zero-order valence-corrected chi connectivity index (χ0v) is 24.5. The predicted octanol–water partition coefficient (Wildman–Crippen LogP) is 11.9. The second-order valence-corrected chi connectivity index (χ2v) is 13.4. The van der Waals surface area contributed by atoms with Crippen molar-refractivity contribution in [2.24, 2.45) is 0 Å². The Hall–Kier alpha value is -4.24. The minimum atomic E-state index is 1.00. The highest BCUT2D eigenvalue weighted by Gasteiger charge is 2.21. The lowest BCUT2D eigenvalue weighted by Gasteiger charge is -2.10. The third kappa shape index (κ3) is 3.38. The molecule has 6 aromatic carbocycles. The molecule has 0 amide bonds. The third-order valence-electron chi connectivity index (χ3n) is 8.96. The van der Waals surface area contributed by atoms with E-state index in [1.54, 1.807) is 0 Å². The summed E-state index contributed by atoms with van der Waals surface area (Å²) in [4.78, 5) is 0. The van der Waals surface area contributed by atoms with Gasteiger partial charge in [0, 0.05) is 40.3 Å². The molecule has 0 fully saturated rings. The fourth-order valence-electron chi connectivity index (χ4n) is 6.88. The summed E-state index contributed by atoms with van der Waals surface area (Å²) in [5, 5.41) is 5.46. The van der Waals surface area contributed by atoms with Crippen LogP contribution in [-0.4, -0.2) is 0 Å². The fourth-order valence-corrected chi connectivity index (χ4v) is 9.49. The van der Waals surface area contributed by atoms with Crippen LogP contribution < -0.4 is 0 Å². The minimum Gasteiger partial charge on any atom is -0.134 e. The summed E-state index contributed by atoms with van der Waals surface area (Å²) in [5.41, 5.74) is 13.6. The zero-order chi connectivity index (χ0) is 27.2. The van der Waals surface area contributed by atoms with Crippen molar-refractivity contribution in [2.75, 3.05) is 0 Å². The molecule has 194 valence electrons. The predicted molar refractivity (Wildman–Crippen MR) is 181 cm³/mol. The summed E-state index contributed by atoms with van der Waals surface area (Å²) in [7, 11) is 0. The van der Waals surface area contributed by atoms with Crippen LogP contribution in [0.2, 0.25) is 0 Å². The third-order valence-corrected chi connectivity index (χ3v) is 11.7. The van der Waals surface area contributed by atoms with Crippen molar-refractivity contribution in [3.63, 3.8) is 0 Å². The van der Waals surface area contributed by atoms with Crippen molar-refractivity contribution >= 4 is 63.0 Å². The Morgan fingerprint density at radius 3 is 1.29 bits per heavy atom. The molecule has 0 radical (unpaired) electrons. The lowest BCUT2D eigenvalue weighted by molar-refractivity contribution is 1.26. The van der Waals surface area contributed by atoms with E-state index in [4.69, 9.17) is 0 Å². The molecule has 0 saturated carbocycles. The number of aryl methyl sites for hydroxylation is 2. The Morgan fingerprint density at radius 1 is 0.415 bits per heavy atom. The van der Waals surface area contributed by atoms with Crippen LogP contribution in [0.5, 0.6) is 0 Å². The molecule has 1 aliphatic carbocycles. The highest BCUT2D eigenvalue weighted by molar-refractivity contribution is 7.27. The molecule has 0 bridgehead atoms. The SMILES string of the molecule is Cc1cccc2c1sc1c(-c3ccc4c(c3)-c3cc(-c5cccc6c5sc5c(C)cccc56)ccc3C4)cccc12. The van der Waals surface area contributed by atoms with Crippen molar-refractivity contribution in [1.82, 2.24) is 0 Å². The first-order valence-corrected chi connectivity index (χ1v) is 15.9. The molecule has 0 atom stereocenters. The van der Waals surface area contributed by atoms with E-state index in [2.05, 4.69) is 123 Å². The summed E-state index contributed by atoms with van der Waals surface area (Å²) in [6, 6.07) is 41.2. The number of hydrogen-bond acceptors (Lipinski definition) is 2. The Bertz CT molecular complexity index is 2200.